The normalized spacial score (nSPS) is 18.0. The van der Waals surface area contributed by atoms with Gasteiger partial charge in [-0.05, 0) is 24.7 Å². The van der Waals surface area contributed by atoms with E-state index < -0.39 is 0 Å². The SMILES string of the molecule is Cc1nnc(CNCC2(CCO)CC2)o1. The molecule has 0 saturated heterocycles. The molecule has 0 aliphatic heterocycles. The molecule has 0 aromatic carbocycles. The van der Waals surface area contributed by atoms with Crippen molar-refractivity contribution in [2.75, 3.05) is 13.2 Å². The van der Waals surface area contributed by atoms with E-state index in [4.69, 9.17) is 9.52 Å². The lowest BCUT2D eigenvalue weighted by atomic mass is 10.0. The minimum absolute atomic E-state index is 0.279. The highest BCUT2D eigenvalue weighted by Crippen LogP contribution is 2.47. The van der Waals surface area contributed by atoms with Crippen molar-refractivity contribution in [3.63, 3.8) is 0 Å². The third-order valence-corrected chi connectivity index (χ3v) is 2.94. The second-order valence-corrected chi connectivity index (χ2v) is 4.29. The number of rotatable bonds is 6. The zero-order valence-corrected chi connectivity index (χ0v) is 8.99. The van der Waals surface area contributed by atoms with Crippen LogP contribution in [0.4, 0.5) is 0 Å². The second kappa shape index (κ2) is 4.28. The van der Waals surface area contributed by atoms with Crippen LogP contribution in [-0.4, -0.2) is 28.5 Å². The van der Waals surface area contributed by atoms with Gasteiger partial charge >= 0.3 is 0 Å². The molecule has 0 radical (unpaired) electrons. The number of aromatic nitrogens is 2. The first-order valence-electron chi connectivity index (χ1n) is 5.35. The van der Waals surface area contributed by atoms with Gasteiger partial charge in [-0.1, -0.05) is 0 Å². The predicted molar refractivity (Wildman–Crippen MR) is 54.1 cm³/mol. The summed E-state index contributed by atoms with van der Waals surface area (Å²) in [6.07, 6.45) is 3.32. The van der Waals surface area contributed by atoms with E-state index in [1.165, 1.54) is 12.8 Å². The van der Waals surface area contributed by atoms with Gasteiger partial charge in [0.1, 0.15) is 0 Å². The molecule has 1 aliphatic rings. The summed E-state index contributed by atoms with van der Waals surface area (Å²) >= 11 is 0. The van der Waals surface area contributed by atoms with Crippen LogP contribution in [0.25, 0.3) is 0 Å². The van der Waals surface area contributed by atoms with Gasteiger partial charge in [-0.15, -0.1) is 10.2 Å². The Morgan fingerprint density at radius 2 is 2.27 bits per heavy atom. The van der Waals surface area contributed by atoms with E-state index >= 15 is 0 Å². The van der Waals surface area contributed by atoms with Crippen LogP contribution in [0.1, 0.15) is 31.0 Å². The maximum atomic E-state index is 8.89. The molecule has 0 bridgehead atoms. The molecule has 5 nitrogen and oxygen atoms in total. The summed E-state index contributed by atoms with van der Waals surface area (Å²) in [5.74, 6) is 1.23. The summed E-state index contributed by atoms with van der Waals surface area (Å²) < 4.78 is 5.24. The third kappa shape index (κ3) is 2.76. The number of nitrogens with zero attached hydrogens (tertiary/aromatic N) is 2. The fraction of sp³-hybridized carbons (Fsp3) is 0.800. The highest BCUT2D eigenvalue weighted by Gasteiger charge is 2.41. The minimum Gasteiger partial charge on any atom is -0.424 e. The standard InChI is InChI=1S/C10H17N3O2/c1-8-12-13-9(15-8)6-11-7-10(2-3-10)4-5-14/h11,14H,2-7H2,1H3. The van der Waals surface area contributed by atoms with Crippen molar-refractivity contribution in [1.82, 2.24) is 15.5 Å². The Bertz CT molecular complexity index is 320. The largest absolute Gasteiger partial charge is 0.424 e. The van der Waals surface area contributed by atoms with Gasteiger partial charge in [0.15, 0.2) is 0 Å². The molecule has 2 rings (SSSR count). The average Bonchev–Trinajstić information content (AvgIpc) is 2.83. The first-order valence-corrected chi connectivity index (χ1v) is 5.35. The van der Waals surface area contributed by atoms with Crippen molar-refractivity contribution < 1.29 is 9.52 Å². The van der Waals surface area contributed by atoms with Crippen LogP contribution in [0.2, 0.25) is 0 Å². The first kappa shape index (κ1) is 10.6. The maximum Gasteiger partial charge on any atom is 0.230 e. The predicted octanol–water partition coefficient (Wildman–Crippen LogP) is 0.630. The molecule has 0 amide bonds. The highest BCUT2D eigenvalue weighted by atomic mass is 16.4. The Kier molecular flexibility index (Phi) is 3.02. The molecule has 1 aliphatic carbocycles. The third-order valence-electron chi connectivity index (χ3n) is 2.94. The zero-order valence-electron chi connectivity index (χ0n) is 8.99. The molecule has 1 fully saturated rings. The van der Waals surface area contributed by atoms with Gasteiger partial charge in [-0.25, -0.2) is 0 Å². The van der Waals surface area contributed by atoms with Crippen LogP contribution < -0.4 is 5.32 Å². The molecule has 5 heteroatoms. The Morgan fingerprint density at radius 1 is 1.47 bits per heavy atom. The number of hydrogen-bond acceptors (Lipinski definition) is 5. The second-order valence-electron chi connectivity index (χ2n) is 4.29. The van der Waals surface area contributed by atoms with Gasteiger partial charge in [0.25, 0.3) is 0 Å². The molecule has 1 heterocycles. The van der Waals surface area contributed by atoms with E-state index in [1.807, 2.05) is 0 Å². The molecule has 0 atom stereocenters. The monoisotopic (exact) mass is 211 g/mol. The summed E-state index contributed by atoms with van der Waals surface area (Å²) in [7, 11) is 0. The van der Waals surface area contributed by atoms with Crippen LogP contribution in [-0.2, 0) is 6.54 Å². The van der Waals surface area contributed by atoms with E-state index in [0.717, 1.165) is 13.0 Å². The number of aliphatic hydroxyl groups excluding tert-OH is 1. The van der Waals surface area contributed by atoms with E-state index in [9.17, 15) is 0 Å². The van der Waals surface area contributed by atoms with Crippen LogP contribution in [0.3, 0.4) is 0 Å². The molecule has 2 N–H and O–H groups in total. The Hall–Kier alpha value is -0.940. The van der Waals surface area contributed by atoms with Gasteiger partial charge in [0.2, 0.25) is 11.8 Å². The van der Waals surface area contributed by atoms with Gasteiger partial charge in [0.05, 0.1) is 6.54 Å². The Labute approximate surface area is 88.9 Å². The average molecular weight is 211 g/mol. The molecule has 1 aromatic rings. The number of nitrogens with one attached hydrogen (secondary N) is 1. The van der Waals surface area contributed by atoms with Gasteiger partial charge in [0, 0.05) is 20.1 Å². The molecule has 0 unspecified atom stereocenters. The molecule has 0 spiro atoms. The van der Waals surface area contributed by atoms with Gasteiger partial charge in [-0.2, -0.15) is 0 Å². The van der Waals surface area contributed by atoms with Gasteiger partial charge in [-0.3, -0.25) is 0 Å². The van der Waals surface area contributed by atoms with E-state index in [2.05, 4.69) is 15.5 Å². The lowest BCUT2D eigenvalue weighted by Crippen LogP contribution is -2.24. The summed E-state index contributed by atoms with van der Waals surface area (Å²) in [4.78, 5) is 0. The fourth-order valence-electron chi connectivity index (χ4n) is 1.77. The minimum atomic E-state index is 0.279. The van der Waals surface area contributed by atoms with Crippen LogP contribution in [0.5, 0.6) is 0 Å². The quantitative estimate of drug-likeness (QED) is 0.722. The van der Waals surface area contributed by atoms with Crippen LogP contribution >= 0.6 is 0 Å². The molecule has 15 heavy (non-hydrogen) atoms. The van der Waals surface area contributed by atoms with Crippen molar-refractivity contribution in [2.24, 2.45) is 5.41 Å². The smallest absolute Gasteiger partial charge is 0.230 e. The molecule has 1 saturated carbocycles. The summed E-state index contributed by atoms with van der Waals surface area (Å²) in [6.45, 7) is 3.61. The van der Waals surface area contributed by atoms with Gasteiger partial charge < -0.3 is 14.8 Å². The van der Waals surface area contributed by atoms with Crippen molar-refractivity contribution >= 4 is 0 Å². The van der Waals surface area contributed by atoms with Crippen molar-refractivity contribution in [3.8, 4) is 0 Å². The summed E-state index contributed by atoms with van der Waals surface area (Å²) in [6, 6.07) is 0. The lowest BCUT2D eigenvalue weighted by Gasteiger charge is -2.13. The lowest BCUT2D eigenvalue weighted by molar-refractivity contribution is 0.244. The van der Waals surface area contributed by atoms with Crippen LogP contribution in [0, 0.1) is 12.3 Å². The zero-order chi connectivity index (χ0) is 10.7. The van der Waals surface area contributed by atoms with Crippen LogP contribution in [0.15, 0.2) is 4.42 Å². The molecular formula is C10H17N3O2. The molecular weight excluding hydrogens is 194 g/mol. The summed E-state index contributed by atoms with van der Waals surface area (Å²) in [5, 5.41) is 19.8. The van der Waals surface area contributed by atoms with Crippen molar-refractivity contribution in [1.29, 1.82) is 0 Å². The highest BCUT2D eigenvalue weighted by molar-refractivity contribution is 4.94. The Balaban J connectivity index is 1.71. The summed E-state index contributed by atoms with van der Waals surface area (Å²) in [5.41, 5.74) is 0.337. The number of hydrogen-bond donors (Lipinski definition) is 2. The van der Waals surface area contributed by atoms with Crippen molar-refractivity contribution in [2.45, 2.75) is 32.7 Å². The van der Waals surface area contributed by atoms with E-state index in [1.54, 1.807) is 6.92 Å². The fourth-order valence-corrected chi connectivity index (χ4v) is 1.77. The molecule has 84 valence electrons. The molecule has 1 aromatic heterocycles. The maximum absolute atomic E-state index is 8.89. The first-order chi connectivity index (χ1) is 7.24. The number of aliphatic hydroxyl groups is 1. The topological polar surface area (TPSA) is 71.2 Å². The van der Waals surface area contributed by atoms with E-state index in [0.29, 0.717) is 23.7 Å². The Morgan fingerprint density at radius 3 is 2.80 bits per heavy atom. The van der Waals surface area contributed by atoms with Crippen molar-refractivity contribution in [3.05, 3.63) is 11.8 Å². The van der Waals surface area contributed by atoms with E-state index in [-0.39, 0.29) is 6.61 Å². The number of aryl methyl sites for hydroxylation is 1.